The molecule has 0 bridgehead atoms. The Kier molecular flexibility index (Phi) is 5.48. The fourth-order valence-corrected chi connectivity index (χ4v) is 4.54. The Morgan fingerprint density at radius 1 is 1.19 bits per heavy atom. The smallest absolute Gasteiger partial charge is 0.243 e. The third-order valence-corrected chi connectivity index (χ3v) is 6.65. The van der Waals surface area contributed by atoms with Crippen molar-refractivity contribution < 1.29 is 8.42 Å². The van der Waals surface area contributed by atoms with Crippen LogP contribution in [0.1, 0.15) is 38.1 Å². The van der Waals surface area contributed by atoms with Gasteiger partial charge in [0.05, 0.1) is 16.6 Å². The highest BCUT2D eigenvalue weighted by atomic mass is 32.2. The Labute approximate surface area is 160 Å². The molecule has 0 spiro atoms. The van der Waals surface area contributed by atoms with Gasteiger partial charge in [0.15, 0.2) is 5.82 Å². The first kappa shape index (κ1) is 19.3. The number of hydrogen-bond donors (Lipinski definition) is 1. The van der Waals surface area contributed by atoms with Crippen LogP contribution in [0, 0.1) is 6.92 Å². The second-order valence-electron chi connectivity index (χ2n) is 6.42. The number of aromatic nitrogens is 3. The van der Waals surface area contributed by atoms with E-state index in [1.165, 1.54) is 4.31 Å². The lowest BCUT2D eigenvalue weighted by molar-refractivity contribution is 0.445. The van der Waals surface area contributed by atoms with Crippen molar-refractivity contribution in [3.8, 4) is 0 Å². The zero-order valence-corrected chi connectivity index (χ0v) is 16.9. The predicted molar refractivity (Wildman–Crippen MR) is 106 cm³/mol. The molecule has 1 atom stereocenters. The van der Waals surface area contributed by atoms with Gasteiger partial charge in [-0.2, -0.15) is 9.40 Å². The number of nitrogens with zero attached hydrogens (tertiary/aromatic N) is 4. The number of sulfonamides is 1. The Morgan fingerprint density at radius 2 is 1.85 bits per heavy atom. The van der Waals surface area contributed by atoms with Gasteiger partial charge in [-0.1, -0.05) is 26.0 Å². The van der Waals surface area contributed by atoms with Crippen molar-refractivity contribution in [2.24, 2.45) is 0 Å². The van der Waals surface area contributed by atoms with E-state index in [4.69, 9.17) is 0 Å². The van der Waals surface area contributed by atoms with Gasteiger partial charge in [0.2, 0.25) is 10.0 Å². The molecule has 144 valence electrons. The first-order chi connectivity index (χ1) is 12.9. The second kappa shape index (κ2) is 7.66. The number of fused-ring (bicyclic) bond motifs is 1. The molecule has 3 aromatic rings. The van der Waals surface area contributed by atoms with Gasteiger partial charge in [-0.3, -0.25) is 0 Å². The molecular formula is C19H25N5O2S. The minimum absolute atomic E-state index is 0.0379. The predicted octanol–water partition coefficient (Wildman–Crippen LogP) is 3.24. The Bertz CT molecular complexity index is 1020. The van der Waals surface area contributed by atoms with Crippen LogP contribution in [0.3, 0.4) is 0 Å². The molecule has 1 aromatic carbocycles. The molecule has 0 aliphatic heterocycles. The van der Waals surface area contributed by atoms with Crippen molar-refractivity contribution in [1.82, 2.24) is 18.9 Å². The maximum atomic E-state index is 12.6. The average Bonchev–Trinajstić information content (AvgIpc) is 3.04. The van der Waals surface area contributed by atoms with Gasteiger partial charge in [0.1, 0.15) is 5.52 Å². The normalized spacial score (nSPS) is 13.2. The van der Waals surface area contributed by atoms with Crippen LogP contribution in [0.2, 0.25) is 0 Å². The van der Waals surface area contributed by atoms with E-state index >= 15 is 0 Å². The molecule has 2 heterocycles. The number of nitrogens with one attached hydrogen (secondary N) is 1. The molecule has 2 aromatic heterocycles. The topological polar surface area (TPSA) is 79.6 Å². The van der Waals surface area contributed by atoms with E-state index < -0.39 is 10.0 Å². The zero-order chi connectivity index (χ0) is 19.6. The van der Waals surface area contributed by atoms with Gasteiger partial charge in [-0.15, -0.1) is 0 Å². The van der Waals surface area contributed by atoms with Gasteiger partial charge in [0, 0.05) is 25.5 Å². The molecule has 7 nitrogen and oxygen atoms in total. The van der Waals surface area contributed by atoms with Crippen LogP contribution in [0.4, 0.5) is 5.82 Å². The molecule has 1 N–H and O–H groups in total. The standard InChI is InChI=1S/C19H25N5O2S/c1-5-23(6-2)27(25,26)17-9-7-16(8-10-17)15(4)21-19-18-13-14(3)22-24(18)12-11-20-19/h7-13,15H,5-6H2,1-4H3,(H,20,21). The number of anilines is 1. The molecule has 3 rings (SSSR count). The molecule has 0 amide bonds. The highest BCUT2D eigenvalue weighted by Gasteiger charge is 2.21. The third-order valence-electron chi connectivity index (χ3n) is 4.59. The monoisotopic (exact) mass is 387 g/mol. The van der Waals surface area contributed by atoms with Gasteiger partial charge in [-0.05, 0) is 37.6 Å². The molecule has 0 radical (unpaired) electrons. The Morgan fingerprint density at radius 3 is 2.48 bits per heavy atom. The fraction of sp³-hybridized carbons (Fsp3) is 0.368. The third kappa shape index (κ3) is 3.81. The van der Waals surface area contributed by atoms with Crippen LogP contribution in [0.5, 0.6) is 0 Å². The molecular weight excluding hydrogens is 362 g/mol. The minimum Gasteiger partial charge on any atom is -0.362 e. The van der Waals surface area contributed by atoms with Crippen molar-refractivity contribution in [1.29, 1.82) is 0 Å². The van der Waals surface area contributed by atoms with Crippen LogP contribution in [0.15, 0.2) is 47.6 Å². The summed E-state index contributed by atoms with van der Waals surface area (Å²) >= 11 is 0. The Hall–Kier alpha value is -2.45. The summed E-state index contributed by atoms with van der Waals surface area (Å²) in [6.45, 7) is 8.55. The highest BCUT2D eigenvalue weighted by Crippen LogP contribution is 2.24. The van der Waals surface area contributed by atoms with Gasteiger partial charge in [0.25, 0.3) is 0 Å². The number of benzene rings is 1. The van der Waals surface area contributed by atoms with E-state index in [9.17, 15) is 8.42 Å². The molecule has 1 unspecified atom stereocenters. The summed E-state index contributed by atoms with van der Waals surface area (Å²) in [7, 11) is -3.44. The Balaban J connectivity index is 1.82. The summed E-state index contributed by atoms with van der Waals surface area (Å²) in [6.07, 6.45) is 3.51. The SMILES string of the molecule is CCN(CC)S(=O)(=O)c1ccc(C(C)Nc2nccn3nc(C)cc23)cc1. The van der Waals surface area contributed by atoms with E-state index in [2.05, 4.69) is 15.4 Å². The first-order valence-corrected chi connectivity index (χ1v) is 10.5. The first-order valence-electron chi connectivity index (χ1n) is 9.04. The molecule has 0 aliphatic carbocycles. The van der Waals surface area contributed by atoms with E-state index in [1.807, 2.05) is 52.1 Å². The number of aryl methyl sites for hydroxylation is 1. The molecule has 0 aliphatic rings. The van der Waals surface area contributed by atoms with Crippen molar-refractivity contribution in [2.45, 2.75) is 38.6 Å². The van der Waals surface area contributed by atoms with Gasteiger partial charge >= 0.3 is 0 Å². The highest BCUT2D eigenvalue weighted by molar-refractivity contribution is 7.89. The quantitative estimate of drug-likeness (QED) is 0.673. The summed E-state index contributed by atoms with van der Waals surface area (Å²) in [6, 6.07) is 8.95. The van der Waals surface area contributed by atoms with Crippen LogP contribution in [-0.2, 0) is 10.0 Å². The van der Waals surface area contributed by atoms with Crippen LogP contribution >= 0.6 is 0 Å². The summed E-state index contributed by atoms with van der Waals surface area (Å²) in [5.41, 5.74) is 2.81. The molecule has 0 saturated heterocycles. The summed E-state index contributed by atoms with van der Waals surface area (Å²) < 4.78 is 28.5. The fourth-order valence-electron chi connectivity index (χ4n) is 3.09. The summed E-state index contributed by atoms with van der Waals surface area (Å²) in [5.74, 6) is 0.741. The zero-order valence-electron chi connectivity index (χ0n) is 16.0. The van der Waals surface area contributed by atoms with Gasteiger partial charge in [-0.25, -0.2) is 17.9 Å². The van der Waals surface area contributed by atoms with Crippen LogP contribution in [-0.4, -0.2) is 40.4 Å². The summed E-state index contributed by atoms with van der Waals surface area (Å²) in [5, 5.41) is 7.78. The van der Waals surface area contributed by atoms with Gasteiger partial charge < -0.3 is 5.32 Å². The largest absolute Gasteiger partial charge is 0.362 e. The molecule has 27 heavy (non-hydrogen) atoms. The number of hydrogen-bond acceptors (Lipinski definition) is 5. The van der Waals surface area contributed by atoms with E-state index in [-0.39, 0.29) is 6.04 Å². The van der Waals surface area contributed by atoms with E-state index in [0.717, 1.165) is 22.6 Å². The minimum atomic E-state index is -3.44. The maximum Gasteiger partial charge on any atom is 0.243 e. The summed E-state index contributed by atoms with van der Waals surface area (Å²) in [4.78, 5) is 4.73. The lowest BCUT2D eigenvalue weighted by Crippen LogP contribution is -2.30. The van der Waals surface area contributed by atoms with Crippen LogP contribution < -0.4 is 5.32 Å². The second-order valence-corrected chi connectivity index (χ2v) is 8.35. The maximum absolute atomic E-state index is 12.6. The van der Waals surface area contributed by atoms with Crippen molar-refractivity contribution in [3.63, 3.8) is 0 Å². The lowest BCUT2D eigenvalue weighted by Gasteiger charge is -2.19. The van der Waals surface area contributed by atoms with Crippen LogP contribution in [0.25, 0.3) is 5.52 Å². The van der Waals surface area contributed by atoms with Crippen molar-refractivity contribution >= 4 is 21.4 Å². The lowest BCUT2D eigenvalue weighted by atomic mass is 10.1. The number of rotatable bonds is 7. The van der Waals surface area contributed by atoms with Crippen molar-refractivity contribution in [3.05, 3.63) is 54.0 Å². The van der Waals surface area contributed by atoms with Crippen molar-refractivity contribution in [2.75, 3.05) is 18.4 Å². The average molecular weight is 388 g/mol. The molecule has 0 fully saturated rings. The molecule has 8 heteroatoms. The molecule has 0 saturated carbocycles. The van der Waals surface area contributed by atoms with E-state index in [0.29, 0.717) is 18.0 Å². The van der Waals surface area contributed by atoms with E-state index in [1.54, 1.807) is 22.8 Å².